The number of ketones is 1. The quantitative estimate of drug-likeness (QED) is 0.638. The first-order valence-electron chi connectivity index (χ1n) is 5.12. The molecule has 0 aromatic heterocycles. The summed E-state index contributed by atoms with van der Waals surface area (Å²) in [5.41, 5.74) is 1.41. The number of carbonyl (C=O) groups is 1. The van der Waals surface area contributed by atoms with Crippen LogP contribution in [0.5, 0.6) is 0 Å². The summed E-state index contributed by atoms with van der Waals surface area (Å²) >= 11 is 12.7. The third-order valence-corrected chi connectivity index (χ3v) is 3.21. The standard InChI is InChI=1S/C11H9Cl2F3N2OS/c1-20-5-7(19)4-17-18-10-8(12)2-6(3-9(10)13)11(14,15)16/h2-4,18H,5H2,1H3. The molecule has 0 fully saturated rings. The highest BCUT2D eigenvalue weighted by Crippen LogP contribution is 2.38. The largest absolute Gasteiger partial charge is 0.416 e. The molecular weight excluding hydrogens is 336 g/mol. The number of nitrogens with one attached hydrogen (secondary N) is 1. The number of rotatable bonds is 5. The number of alkyl halides is 3. The number of hydrogen-bond acceptors (Lipinski definition) is 4. The lowest BCUT2D eigenvalue weighted by Crippen LogP contribution is -2.06. The average Bonchev–Trinajstić information content (AvgIpc) is 2.31. The van der Waals surface area contributed by atoms with Gasteiger partial charge in [-0.3, -0.25) is 10.2 Å². The van der Waals surface area contributed by atoms with Gasteiger partial charge >= 0.3 is 6.18 Å². The van der Waals surface area contributed by atoms with E-state index in [2.05, 4.69) is 10.5 Å². The minimum absolute atomic E-state index is 0.00883. The van der Waals surface area contributed by atoms with Crippen molar-refractivity contribution in [2.24, 2.45) is 5.10 Å². The van der Waals surface area contributed by atoms with Gasteiger partial charge < -0.3 is 0 Å². The number of nitrogens with zero attached hydrogens (tertiary/aromatic N) is 1. The van der Waals surface area contributed by atoms with Gasteiger partial charge in [-0.05, 0) is 18.4 Å². The molecule has 0 spiro atoms. The van der Waals surface area contributed by atoms with E-state index in [0.717, 1.165) is 18.3 Å². The first kappa shape index (κ1) is 17.1. The monoisotopic (exact) mass is 344 g/mol. The second-order valence-corrected chi connectivity index (χ2v) is 5.26. The zero-order valence-corrected chi connectivity index (χ0v) is 12.4. The molecule has 3 nitrogen and oxygen atoms in total. The lowest BCUT2D eigenvalue weighted by atomic mass is 10.2. The minimum Gasteiger partial charge on any atom is -0.292 e. The Morgan fingerprint density at radius 3 is 2.40 bits per heavy atom. The van der Waals surface area contributed by atoms with E-state index < -0.39 is 11.7 Å². The third-order valence-electron chi connectivity index (χ3n) is 2.04. The highest BCUT2D eigenvalue weighted by molar-refractivity contribution is 7.99. The number of hydrazone groups is 1. The molecule has 0 aliphatic heterocycles. The van der Waals surface area contributed by atoms with E-state index >= 15 is 0 Å². The molecule has 1 rings (SSSR count). The van der Waals surface area contributed by atoms with Gasteiger partial charge in [-0.15, -0.1) is 0 Å². The molecule has 1 aromatic carbocycles. The molecule has 0 saturated carbocycles. The van der Waals surface area contributed by atoms with Crippen molar-refractivity contribution in [1.82, 2.24) is 0 Å². The van der Waals surface area contributed by atoms with Gasteiger partial charge in [-0.1, -0.05) is 23.2 Å². The van der Waals surface area contributed by atoms with E-state index in [1.54, 1.807) is 6.26 Å². The fraction of sp³-hybridized carbons (Fsp3) is 0.273. The van der Waals surface area contributed by atoms with Gasteiger partial charge in [0.05, 0.1) is 33.3 Å². The number of hydrogen-bond donors (Lipinski definition) is 1. The van der Waals surface area contributed by atoms with Gasteiger partial charge in [0.2, 0.25) is 0 Å². The molecular formula is C11H9Cl2F3N2OS. The Morgan fingerprint density at radius 1 is 1.40 bits per heavy atom. The third kappa shape index (κ3) is 4.88. The van der Waals surface area contributed by atoms with Crippen LogP contribution < -0.4 is 5.43 Å². The molecule has 0 saturated heterocycles. The molecule has 0 aliphatic rings. The van der Waals surface area contributed by atoms with Crippen LogP contribution in [0.15, 0.2) is 17.2 Å². The first-order valence-corrected chi connectivity index (χ1v) is 7.27. The topological polar surface area (TPSA) is 41.5 Å². The molecule has 1 N–H and O–H groups in total. The van der Waals surface area contributed by atoms with Crippen LogP contribution >= 0.6 is 35.0 Å². The Labute approximate surface area is 127 Å². The summed E-state index contributed by atoms with van der Waals surface area (Å²) in [6, 6.07) is 1.46. The molecule has 0 heterocycles. The molecule has 1 aromatic rings. The van der Waals surface area contributed by atoms with Crippen molar-refractivity contribution in [3.63, 3.8) is 0 Å². The molecule has 0 bridgehead atoms. The smallest absolute Gasteiger partial charge is 0.292 e. The van der Waals surface area contributed by atoms with Crippen molar-refractivity contribution >= 4 is 52.6 Å². The lowest BCUT2D eigenvalue weighted by Gasteiger charge is -2.11. The molecule has 110 valence electrons. The van der Waals surface area contributed by atoms with Gasteiger partial charge in [0.15, 0.2) is 5.78 Å². The summed E-state index contributed by atoms with van der Waals surface area (Å²) in [5.74, 6) is 0.00351. The maximum absolute atomic E-state index is 12.5. The van der Waals surface area contributed by atoms with Gasteiger partial charge in [-0.2, -0.15) is 30.0 Å². The average molecular weight is 345 g/mol. The predicted octanol–water partition coefficient (Wildman–Crippen LogP) is 4.34. The number of anilines is 1. The van der Waals surface area contributed by atoms with Crippen LogP contribution in [0, 0.1) is 0 Å². The predicted molar refractivity (Wildman–Crippen MR) is 77.0 cm³/mol. The van der Waals surface area contributed by atoms with Crippen molar-refractivity contribution in [2.45, 2.75) is 6.18 Å². The van der Waals surface area contributed by atoms with E-state index in [0.29, 0.717) is 0 Å². The molecule has 20 heavy (non-hydrogen) atoms. The van der Waals surface area contributed by atoms with Crippen LogP contribution in [-0.4, -0.2) is 24.0 Å². The van der Waals surface area contributed by atoms with Crippen molar-refractivity contribution in [1.29, 1.82) is 0 Å². The Hall–Kier alpha value is -0.920. The number of thioether (sulfide) groups is 1. The van der Waals surface area contributed by atoms with E-state index in [1.807, 2.05) is 0 Å². The van der Waals surface area contributed by atoms with Crippen LogP contribution in [-0.2, 0) is 11.0 Å². The van der Waals surface area contributed by atoms with Gasteiger partial charge in [0.25, 0.3) is 0 Å². The molecule has 0 aliphatic carbocycles. The minimum atomic E-state index is -4.54. The highest BCUT2D eigenvalue weighted by atomic mass is 35.5. The van der Waals surface area contributed by atoms with Crippen LogP contribution in [0.1, 0.15) is 5.56 Å². The summed E-state index contributed by atoms with van der Waals surface area (Å²) in [4.78, 5) is 11.2. The highest BCUT2D eigenvalue weighted by Gasteiger charge is 2.32. The van der Waals surface area contributed by atoms with E-state index in [4.69, 9.17) is 23.2 Å². The number of halogens is 5. The summed E-state index contributed by atoms with van der Waals surface area (Å²) in [6.07, 6.45) is -1.77. The van der Waals surface area contributed by atoms with Gasteiger partial charge in [0.1, 0.15) is 0 Å². The Morgan fingerprint density at radius 2 is 1.95 bits per heavy atom. The molecule has 0 radical (unpaired) electrons. The number of benzene rings is 1. The van der Waals surface area contributed by atoms with E-state index in [9.17, 15) is 18.0 Å². The maximum atomic E-state index is 12.5. The van der Waals surface area contributed by atoms with Crippen LogP contribution in [0.4, 0.5) is 18.9 Å². The maximum Gasteiger partial charge on any atom is 0.416 e. The van der Waals surface area contributed by atoms with Crippen molar-refractivity contribution < 1.29 is 18.0 Å². The van der Waals surface area contributed by atoms with E-state index in [-0.39, 0.29) is 27.3 Å². The summed E-state index contributed by atoms with van der Waals surface area (Å²) in [5, 5.41) is 3.11. The Bertz CT molecular complexity index is 512. The van der Waals surface area contributed by atoms with E-state index in [1.165, 1.54) is 11.8 Å². The summed E-state index contributed by atoms with van der Waals surface area (Å²) in [6.45, 7) is 0. The summed E-state index contributed by atoms with van der Waals surface area (Å²) in [7, 11) is 0. The second kappa shape index (κ2) is 7.19. The van der Waals surface area contributed by atoms with Crippen molar-refractivity contribution in [3.8, 4) is 0 Å². The van der Waals surface area contributed by atoms with Crippen molar-refractivity contribution in [3.05, 3.63) is 27.7 Å². The molecule has 0 atom stereocenters. The Balaban J connectivity index is 2.90. The fourth-order valence-corrected chi connectivity index (χ4v) is 2.12. The first-order chi connectivity index (χ1) is 9.25. The SMILES string of the molecule is CSCC(=O)C=NNc1c(Cl)cc(C(F)(F)F)cc1Cl. The zero-order chi connectivity index (χ0) is 15.3. The fourth-order valence-electron chi connectivity index (χ4n) is 1.19. The van der Waals surface area contributed by atoms with Crippen LogP contribution in [0.25, 0.3) is 0 Å². The molecule has 0 unspecified atom stereocenters. The second-order valence-electron chi connectivity index (χ2n) is 3.58. The number of carbonyl (C=O) groups excluding carboxylic acids is 1. The zero-order valence-electron chi connectivity index (χ0n) is 10.1. The van der Waals surface area contributed by atoms with Gasteiger partial charge in [0, 0.05) is 0 Å². The Kier molecular flexibility index (Phi) is 6.16. The lowest BCUT2D eigenvalue weighted by molar-refractivity contribution is -0.137. The molecule has 9 heteroatoms. The van der Waals surface area contributed by atoms with Crippen LogP contribution in [0.2, 0.25) is 10.0 Å². The van der Waals surface area contributed by atoms with Gasteiger partial charge in [-0.25, -0.2) is 0 Å². The molecule has 0 amide bonds. The van der Waals surface area contributed by atoms with Crippen molar-refractivity contribution in [2.75, 3.05) is 17.4 Å². The summed E-state index contributed by atoms with van der Waals surface area (Å²) < 4.78 is 37.5. The van der Waals surface area contributed by atoms with Crippen LogP contribution in [0.3, 0.4) is 0 Å². The number of Topliss-reactive ketones (excluding diaryl/α,β-unsaturated/α-hetero) is 1. The normalized spacial score (nSPS) is 11.9.